The molecule has 0 radical (unpaired) electrons. The van der Waals surface area contributed by atoms with Crippen LogP contribution in [0.2, 0.25) is 0 Å². The third kappa shape index (κ3) is 3.31. The van der Waals surface area contributed by atoms with Gasteiger partial charge >= 0.3 is 6.18 Å². The number of hydrogen-bond donors (Lipinski definition) is 0. The molecule has 4 heterocycles. The van der Waals surface area contributed by atoms with Crippen molar-refractivity contribution in [1.82, 2.24) is 14.2 Å². The maximum atomic E-state index is 12.7. The molecule has 0 N–H and O–H groups in total. The van der Waals surface area contributed by atoms with Crippen molar-refractivity contribution in [3.8, 4) is 0 Å². The maximum Gasteiger partial charge on any atom is 0.433 e. The Labute approximate surface area is 166 Å². The molecule has 28 heavy (non-hydrogen) atoms. The zero-order valence-corrected chi connectivity index (χ0v) is 16.6. The third-order valence-electron chi connectivity index (χ3n) is 6.26. The topological polar surface area (TPSA) is 41.0 Å². The highest BCUT2D eigenvalue weighted by atomic mass is 32.2. The van der Waals surface area contributed by atoms with Crippen LogP contribution in [-0.4, -0.2) is 58.2 Å². The van der Waals surface area contributed by atoms with Gasteiger partial charge in [-0.05, 0) is 50.3 Å². The largest absolute Gasteiger partial charge is 0.433 e. The lowest BCUT2D eigenvalue weighted by atomic mass is 9.73. The first kappa shape index (κ1) is 18.7. The van der Waals surface area contributed by atoms with Gasteiger partial charge in [-0.3, -0.25) is 4.90 Å². The van der Waals surface area contributed by atoms with Crippen LogP contribution in [0.4, 0.5) is 13.2 Å². The highest BCUT2D eigenvalue weighted by molar-refractivity contribution is 7.97. The Morgan fingerprint density at radius 3 is 2.50 bits per heavy atom. The normalized spacial score (nSPS) is 25.8. The fourth-order valence-corrected chi connectivity index (χ4v) is 5.96. The number of halogens is 3. The minimum atomic E-state index is -4.39. The molecule has 5 nitrogen and oxygen atoms in total. The summed E-state index contributed by atoms with van der Waals surface area (Å²) in [4.78, 5) is 12.6. The molecule has 4 aliphatic rings. The molecule has 2 saturated heterocycles. The standard InChI is InChI=1S/C19H23F3N4OS/c1-13-15(3-4-16(23-13)19(20,21)22)28-26-11-17(12-26)9-25(10-17)8-14-7-18(27-24-14)5-2-6-18/h3-4H,2,5-12H2,1H3. The molecule has 1 aromatic heterocycles. The molecule has 0 bridgehead atoms. The minimum absolute atomic E-state index is 0.0371. The zero-order chi connectivity index (χ0) is 19.6. The predicted octanol–water partition coefficient (Wildman–Crippen LogP) is 3.73. The van der Waals surface area contributed by atoms with Crippen molar-refractivity contribution in [3.05, 3.63) is 23.5 Å². The second-order valence-electron chi connectivity index (χ2n) is 8.77. The van der Waals surface area contributed by atoms with Crippen LogP contribution in [0.1, 0.15) is 37.1 Å². The van der Waals surface area contributed by atoms with Gasteiger partial charge in [0.1, 0.15) is 11.3 Å². The third-order valence-corrected chi connectivity index (χ3v) is 7.41. The van der Waals surface area contributed by atoms with Gasteiger partial charge in [0.2, 0.25) is 0 Å². The van der Waals surface area contributed by atoms with E-state index in [2.05, 4.69) is 19.3 Å². The summed E-state index contributed by atoms with van der Waals surface area (Å²) in [6.45, 7) is 6.57. The second kappa shape index (κ2) is 6.34. The average molecular weight is 412 g/mol. The smallest absolute Gasteiger partial charge is 0.389 e. The molecule has 152 valence electrons. The van der Waals surface area contributed by atoms with Crippen LogP contribution >= 0.6 is 11.9 Å². The van der Waals surface area contributed by atoms with Crippen LogP contribution in [0.25, 0.3) is 0 Å². The van der Waals surface area contributed by atoms with E-state index in [9.17, 15) is 13.2 Å². The van der Waals surface area contributed by atoms with Gasteiger partial charge in [0.15, 0.2) is 0 Å². The molecule has 3 fully saturated rings. The lowest BCUT2D eigenvalue weighted by Crippen LogP contribution is -2.70. The van der Waals surface area contributed by atoms with Crippen molar-refractivity contribution >= 4 is 17.7 Å². The Hall–Kier alpha value is -1.32. The Morgan fingerprint density at radius 2 is 1.93 bits per heavy atom. The van der Waals surface area contributed by atoms with Gasteiger partial charge in [-0.25, -0.2) is 9.29 Å². The van der Waals surface area contributed by atoms with Gasteiger partial charge in [-0.1, -0.05) is 5.16 Å². The lowest BCUT2D eigenvalue weighted by molar-refractivity contribution is -0.141. The van der Waals surface area contributed by atoms with Crippen molar-refractivity contribution in [2.75, 3.05) is 32.7 Å². The minimum Gasteiger partial charge on any atom is -0.389 e. The Balaban J connectivity index is 1.08. The molecule has 0 amide bonds. The summed E-state index contributed by atoms with van der Waals surface area (Å²) in [7, 11) is 0. The number of aromatic nitrogens is 1. The SMILES string of the molecule is Cc1nc(C(F)(F)F)ccc1SN1CC2(CN(CC3=NOC4(CCC4)C3)C2)C1. The maximum absolute atomic E-state index is 12.7. The van der Waals surface area contributed by atoms with Crippen LogP contribution in [0.15, 0.2) is 22.2 Å². The molecule has 0 aromatic carbocycles. The summed E-state index contributed by atoms with van der Waals surface area (Å²) in [5.74, 6) is 0. The highest BCUT2D eigenvalue weighted by Gasteiger charge is 2.53. The van der Waals surface area contributed by atoms with Crippen molar-refractivity contribution < 1.29 is 18.0 Å². The quantitative estimate of drug-likeness (QED) is 0.705. The van der Waals surface area contributed by atoms with E-state index in [1.807, 2.05) is 0 Å². The van der Waals surface area contributed by atoms with Gasteiger partial charge in [0.25, 0.3) is 0 Å². The van der Waals surface area contributed by atoms with E-state index in [4.69, 9.17) is 4.84 Å². The summed E-state index contributed by atoms with van der Waals surface area (Å²) in [6, 6.07) is 2.59. The first-order valence-corrected chi connectivity index (χ1v) is 10.5. The summed E-state index contributed by atoms with van der Waals surface area (Å²) in [6.07, 6.45) is 0.107. The van der Waals surface area contributed by atoms with Gasteiger partial charge < -0.3 is 4.84 Å². The van der Waals surface area contributed by atoms with Gasteiger partial charge in [0, 0.05) is 49.5 Å². The van der Waals surface area contributed by atoms with Crippen LogP contribution < -0.4 is 0 Å². The molecule has 2 spiro atoms. The highest BCUT2D eigenvalue weighted by Crippen LogP contribution is 2.46. The monoisotopic (exact) mass is 412 g/mol. The van der Waals surface area contributed by atoms with Gasteiger partial charge in [-0.15, -0.1) is 0 Å². The molecular weight excluding hydrogens is 389 g/mol. The Morgan fingerprint density at radius 1 is 1.18 bits per heavy atom. The number of pyridine rings is 1. The number of oxime groups is 1. The molecule has 1 aliphatic carbocycles. The van der Waals surface area contributed by atoms with Crippen LogP contribution in [0.5, 0.6) is 0 Å². The van der Waals surface area contributed by atoms with Crippen molar-refractivity contribution in [1.29, 1.82) is 0 Å². The first-order chi connectivity index (χ1) is 13.2. The summed E-state index contributed by atoms with van der Waals surface area (Å²) in [5, 5.41) is 4.30. The number of hydrogen-bond acceptors (Lipinski definition) is 6. The molecule has 5 rings (SSSR count). The van der Waals surface area contributed by atoms with E-state index in [1.54, 1.807) is 6.92 Å². The molecule has 3 aliphatic heterocycles. The van der Waals surface area contributed by atoms with Crippen LogP contribution in [-0.2, 0) is 11.0 Å². The van der Waals surface area contributed by atoms with E-state index < -0.39 is 11.9 Å². The molecule has 9 heteroatoms. The summed E-state index contributed by atoms with van der Waals surface area (Å²) >= 11 is 1.51. The predicted molar refractivity (Wildman–Crippen MR) is 100.0 cm³/mol. The summed E-state index contributed by atoms with van der Waals surface area (Å²) in [5.41, 5.74) is 1.14. The first-order valence-electron chi connectivity index (χ1n) is 9.68. The second-order valence-corrected chi connectivity index (χ2v) is 9.91. The summed E-state index contributed by atoms with van der Waals surface area (Å²) < 4.78 is 40.4. The number of nitrogens with zero attached hydrogens (tertiary/aromatic N) is 4. The fraction of sp³-hybridized carbons (Fsp3) is 0.684. The molecule has 1 saturated carbocycles. The van der Waals surface area contributed by atoms with E-state index in [0.717, 1.165) is 62.9 Å². The fourth-order valence-electron chi connectivity index (χ4n) is 4.70. The van der Waals surface area contributed by atoms with E-state index in [0.29, 0.717) is 11.1 Å². The number of alkyl halides is 3. The Bertz CT molecular complexity index is 810. The van der Waals surface area contributed by atoms with Crippen LogP contribution in [0.3, 0.4) is 0 Å². The van der Waals surface area contributed by atoms with Crippen LogP contribution in [0, 0.1) is 12.3 Å². The average Bonchev–Trinajstić information content (AvgIpc) is 2.96. The molecule has 0 atom stereocenters. The van der Waals surface area contributed by atoms with E-state index in [-0.39, 0.29) is 5.60 Å². The zero-order valence-electron chi connectivity index (χ0n) is 15.8. The molecule has 0 unspecified atom stereocenters. The Kier molecular flexibility index (Phi) is 4.23. The van der Waals surface area contributed by atoms with Crippen molar-refractivity contribution in [2.24, 2.45) is 10.6 Å². The number of likely N-dealkylation sites (tertiary alicyclic amines) is 1. The van der Waals surface area contributed by atoms with E-state index >= 15 is 0 Å². The lowest BCUT2D eigenvalue weighted by Gasteiger charge is -2.59. The number of aryl methyl sites for hydroxylation is 1. The number of rotatable bonds is 4. The molecular formula is C19H23F3N4OS. The van der Waals surface area contributed by atoms with E-state index in [1.165, 1.54) is 30.1 Å². The van der Waals surface area contributed by atoms with Crippen molar-refractivity contribution in [3.63, 3.8) is 0 Å². The van der Waals surface area contributed by atoms with Gasteiger partial charge in [-0.2, -0.15) is 13.2 Å². The van der Waals surface area contributed by atoms with Crippen molar-refractivity contribution in [2.45, 2.75) is 49.3 Å². The van der Waals surface area contributed by atoms with Gasteiger partial charge in [0.05, 0.1) is 11.4 Å². The molecule has 1 aromatic rings.